The third-order valence-electron chi connectivity index (χ3n) is 1.81. The Balaban J connectivity index is 3.10. The van der Waals surface area contributed by atoms with Crippen LogP contribution in [-0.4, -0.2) is 9.07 Å². The van der Waals surface area contributed by atoms with Gasteiger partial charge in [-0.05, 0) is 18.2 Å². The zero-order chi connectivity index (χ0) is 10.3. The number of aromatic amines is 1. The summed E-state index contributed by atoms with van der Waals surface area (Å²) >= 11 is 5.56. The zero-order valence-electron chi connectivity index (χ0n) is 6.75. The van der Waals surface area contributed by atoms with Crippen molar-refractivity contribution >= 4 is 22.7 Å². The number of nitrogens with zero attached hydrogens (tertiary/aromatic N) is 1. The number of aromatic nitrogens is 2. The minimum atomic E-state index is -0.740. The molecule has 0 radical (unpaired) electrons. The van der Waals surface area contributed by atoms with Crippen LogP contribution in [0.1, 0.15) is 0 Å². The van der Waals surface area contributed by atoms with Crippen LogP contribution in [0.5, 0.6) is 0 Å². The molecule has 0 fully saturated rings. The molecule has 0 atom stereocenters. The summed E-state index contributed by atoms with van der Waals surface area (Å²) in [6.07, 6.45) is 0. The molecule has 14 heavy (non-hydrogen) atoms. The van der Waals surface area contributed by atoms with Gasteiger partial charge >= 0.3 is 5.69 Å². The van der Waals surface area contributed by atoms with E-state index in [4.69, 9.17) is 11.8 Å². The Bertz CT molecular complexity index is 617. The molecule has 2 rings (SSSR count). The minimum Gasteiger partial charge on any atom is -0.272 e. The Labute approximate surface area is 81.7 Å². The van der Waals surface area contributed by atoms with Crippen LogP contribution in [0.2, 0.25) is 0 Å². The van der Waals surface area contributed by atoms with Crippen LogP contribution >= 0.6 is 11.8 Å². The van der Waals surface area contributed by atoms with E-state index >= 15 is 0 Å². The van der Waals surface area contributed by atoms with Gasteiger partial charge < -0.3 is 0 Å². The summed E-state index contributed by atoms with van der Waals surface area (Å²) in [6.45, 7) is 0. The average molecular weight is 215 g/mol. The van der Waals surface area contributed by atoms with Gasteiger partial charge in [0, 0.05) is 11.8 Å². The van der Waals surface area contributed by atoms with E-state index in [0.29, 0.717) is 0 Å². The maximum Gasteiger partial charge on any atom is 0.343 e. The fourth-order valence-corrected chi connectivity index (χ4v) is 1.37. The zero-order valence-corrected chi connectivity index (χ0v) is 7.51. The van der Waals surface area contributed by atoms with Gasteiger partial charge in [-0.25, -0.2) is 13.3 Å². The predicted molar refractivity (Wildman–Crippen MR) is 50.0 cm³/mol. The van der Waals surface area contributed by atoms with Gasteiger partial charge in [0.2, 0.25) is 0 Å². The van der Waals surface area contributed by atoms with Gasteiger partial charge in [-0.3, -0.25) is 9.78 Å². The van der Waals surface area contributed by atoms with Crippen molar-refractivity contribution in [2.45, 2.75) is 0 Å². The SMILES string of the molecule is O=c1[nH]c(=O)n(Cl)c2ccc(F)cc12. The van der Waals surface area contributed by atoms with Gasteiger partial charge in [0.25, 0.3) is 5.56 Å². The number of halogens is 2. The standard InChI is InChI=1S/C8H4ClFN2O2/c9-12-6-2-1-4(10)3-5(6)7(13)11-8(12)14/h1-3H,(H,11,13,14). The second-order valence-electron chi connectivity index (χ2n) is 2.70. The van der Waals surface area contributed by atoms with Crippen molar-refractivity contribution in [3.05, 3.63) is 44.9 Å². The van der Waals surface area contributed by atoms with Crippen LogP contribution in [0, 0.1) is 5.82 Å². The second-order valence-corrected chi connectivity index (χ2v) is 3.04. The van der Waals surface area contributed by atoms with Crippen molar-refractivity contribution in [2.24, 2.45) is 0 Å². The molecule has 0 spiro atoms. The van der Waals surface area contributed by atoms with Gasteiger partial charge in [0.15, 0.2) is 0 Å². The Morgan fingerprint density at radius 3 is 2.79 bits per heavy atom. The maximum absolute atomic E-state index is 12.8. The molecule has 0 saturated heterocycles. The van der Waals surface area contributed by atoms with Crippen molar-refractivity contribution in [2.75, 3.05) is 0 Å². The Morgan fingerprint density at radius 1 is 1.36 bits per heavy atom. The van der Waals surface area contributed by atoms with E-state index in [-0.39, 0.29) is 10.9 Å². The summed E-state index contributed by atoms with van der Waals surface area (Å²) in [4.78, 5) is 24.2. The van der Waals surface area contributed by atoms with E-state index in [1.165, 1.54) is 6.07 Å². The molecule has 1 aromatic heterocycles. The van der Waals surface area contributed by atoms with Gasteiger partial charge in [-0.2, -0.15) is 0 Å². The molecule has 1 N–H and O–H groups in total. The first-order chi connectivity index (χ1) is 6.59. The van der Waals surface area contributed by atoms with Gasteiger partial charge in [-0.15, -0.1) is 0 Å². The first kappa shape index (κ1) is 8.96. The highest BCUT2D eigenvalue weighted by Crippen LogP contribution is 2.09. The minimum absolute atomic E-state index is 0.0413. The van der Waals surface area contributed by atoms with Crippen molar-refractivity contribution in [3.63, 3.8) is 0 Å². The molecule has 1 aromatic carbocycles. The first-order valence-corrected chi connectivity index (χ1v) is 4.04. The van der Waals surface area contributed by atoms with Crippen LogP contribution < -0.4 is 11.2 Å². The molecule has 0 amide bonds. The lowest BCUT2D eigenvalue weighted by molar-refractivity contribution is 0.629. The maximum atomic E-state index is 12.8. The Morgan fingerprint density at radius 2 is 2.07 bits per heavy atom. The summed E-state index contributed by atoms with van der Waals surface area (Å²) in [7, 11) is 0. The summed E-state index contributed by atoms with van der Waals surface area (Å²) in [5.41, 5.74) is -1.21. The topological polar surface area (TPSA) is 54.9 Å². The molecular formula is C8H4ClFN2O2. The molecule has 1 heterocycles. The monoisotopic (exact) mass is 214 g/mol. The second kappa shape index (κ2) is 2.95. The van der Waals surface area contributed by atoms with Crippen molar-refractivity contribution < 1.29 is 4.39 Å². The molecule has 0 unspecified atom stereocenters. The number of hydrogen-bond acceptors (Lipinski definition) is 2. The molecule has 0 bridgehead atoms. The normalized spacial score (nSPS) is 10.7. The van der Waals surface area contributed by atoms with E-state index in [9.17, 15) is 14.0 Å². The summed E-state index contributed by atoms with van der Waals surface area (Å²) < 4.78 is 13.5. The third kappa shape index (κ3) is 1.22. The number of nitrogens with one attached hydrogen (secondary N) is 1. The number of benzene rings is 1. The molecule has 0 saturated carbocycles. The number of hydrogen-bond donors (Lipinski definition) is 1. The molecule has 0 aliphatic rings. The highest BCUT2D eigenvalue weighted by atomic mass is 35.5. The van der Waals surface area contributed by atoms with Crippen LogP contribution in [-0.2, 0) is 0 Å². The third-order valence-corrected chi connectivity index (χ3v) is 2.15. The fraction of sp³-hybridized carbons (Fsp3) is 0. The molecule has 4 nitrogen and oxygen atoms in total. The number of rotatable bonds is 0. The first-order valence-electron chi connectivity index (χ1n) is 3.70. The number of fused-ring (bicyclic) bond motifs is 1. The predicted octanol–water partition coefficient (Wildman–Crippen LogP) is 0.831. The lowest BCUT2D eigenvalue weighted by Crippen LogP contribution is -2.26. The molecule has 6 heteroatoms. The average Bonchev–Trinajstić information content (AvgIpc) is 2.14. The van der Waals surface area contributed by atoms with E-state index in [1.807, 2.05) is 4.98 Å². The Hall–Kier alpha value is -1.62. The highest BCUT2D eigenvalue weighted by Gasteiger charge is 2.05. The largest absolute Gasteiger partial charge is 0.343 e. The fourth-order valence-electron chi connectivity index (χ4n) is 1.18. The summed E-state index contributed by atoms with van der Waals surface area (Å²) in [6, 6.07) is 3.42. The quantitative estimate of drug-likeness (QED) is 0.706. The Kier molecular flexibility index (Phi) is 1.89. The van der Waals surface area contributed by atoms with Crippen molar-refractivity contribution in [1.82, 2.24) is 9.07 Å². The van der Waals surface area contributed by atoms with Crippen LogP contribution in [0.15, 0.2) is 27.8 Å². The highest BCUT2D eigenvalue weighted by molar-refractivity contribution is 6.18. The van der Waals surface area contributed by atoms with Crippen LogP contribution in [0.25, 0.3) is 10.9 Å². The van der Waals surface area contributed by atoms with Crippen molar-refractivity contribution in [3.8, 4) is 0 Å². The van der Waals surface area contributed by atoms with Crippen LogP contribution in [0.3, 0.4) is 0 Å². The lowest BCUT2D eigenvalue weighted by Gasteiger charge is -1.99. The van der Waals surface area contributed by atoms with Gasteiger partial charge in [-0.1, -0.05) is 0 Å². The van der Waals surface area contributed by atoms with E-state index in [1.54, 1.807) is 0 Å². The smallest absolute Gasteiger partial charge is 0.272 e. The molecular weight excluding hydrogens is 211 g/mol. The van der Waals surface area contributed by atoms with Crippen LogP contribution in [0.4, 0.5) is 4.39 Å². The van der Waals surface area contributed by atoms with E-state index in [0.717, 1.165) is 16.2 Å². The van der Waals surface area contributed by atoms with Gasteiger partial charge in [0.1, 0.15) is 5.82 Å². The molecule has 0 aliphatic carbocycles. The molecule has 0 aliphatic heterocycles. The van der Waals surface area contributed by atoms with E-state index < -0.39 is 17.1 Å². The lowest BCUT2D eigenvalue weighted by atomic mass is 10.2. The van der Waals surface area contributed by atoms with Gasteiger partial charge in [0.05, 0.1) is 10.9 Å². The van der Waals surface area contributed by atoms with E-state index in [2.05, 4.69) is 0 Å². The molecule has 72 valence electrons. The number of H-pyrrole nitrogens is 1. The van der Waals surface area contributed by atoms with Crippen molar-refractivity contribution in [1.29, 1.82) is 0 Å². The summed E-state index contributed by atoms with van der Waals surface area (Å²) in [5, 5.41) is 0.0413. The summed E-state index contributed by atoms with van der Waals surface area (Å²) in [5.74, 6) is -0.557. The molecule has 2 aromatic rings.